The second kappa shape index (κ2) is 14.8. The normalized spacial score (nSPS) is 14.2. The lowest BCUT2D eigenvalue weighted by Gasteiger charge is -2.31. The molecule has 0 fully saturated rings. The smallest absolute Gasteiger partial charge is 0.261 e. The zero-order chi connectivity index (χ0) is 37.5. The molecule has 0 aliphatic carbocycles. The van der Waals surface area contributed by atoms with E-state index in [1.54, 1.807) is 6.07 Å². The van der Waals surface area contributed by atoms with E-state index in [1.165, 1.54) is 35.5 Å². The Hall–Kier alpha value is -5.30. The summed E-state index contributed by atoms with van der Waals surface area (Å²) in [5, 5.41) is 6.14. The first-order valence-corrected chi connectivity index (χ1v) is 20.0. The van der Waals surface area contributed by atoms with E-state index in [9.17, 15) is 19.2 Å². The molecule has 2 aliphatic rings. The van der Waals surface area contributed by atoms with Gasteiger partial charge < -0.3 is 4.74 Å². The van der Waals surface area contributed by atoms with Crippen molar-refractivity contribution in [1.82, 2.24) is 9.80 Å². The number of aryl methyl sites for hydroxylation is 1. The molecule has 6 aromatic carbocycles. The number of fused-ring (bicyclic) bond motifs is 2. The number of hydrogen-bond donors (Lipinski definition) is 0. The number of carbonyl (C=O) groups excluding carboxylic acids is 4. The highest BCUT2D eigenvalue weighted by Crippen LogP contribution is 2.50. The van der Waals surface area contributed by atoms with E-state index in [0.29, 0.717) is 57.6 Å². The number of carbonyl (C=O) groups is 4. The minimum absolute atomic E-state index is 0.265. The van der Waals surface area contributed by atoms with E-state index in [2.05, 4.69) is 13.8 Å². The van der Waals surface area contributed by atoms with Gasteiger partial charge in [-0.15, -0.1) is 0 Å². The van der Waals surface area contributed by atoms with Gasteiger partial charge in [0.05, 0.1) is 5.56 Å². The van der Waals surface area contributed by atoms with Crippen LogP contribution in [-0.2, 0) is 0 Å². The van der Waals surface area contributed by atoms with Gasteiger partial charge in [0, 0.05) is 51.3 Å². The van der Waals surface area contributed by atoms with Gasteiger partial charge in [-0.05, 0) is 77.7 Å². The highest BCUT2D eigenvalue weighted by molar-refractivity contribution is 6.42. The van der Waals surface area contributed by atoms with Crippen LogP contribution < -0.4 is 4.74 Å². The van der Waals surface area contributed by atoms with E-state index in [0.717, 1.165) is 89.2 Å². The molecular formula is C47H48N2O5. The fourth-order valence-corrected chi connectivity index (χ4v) is 8.75. The van der Waals surface area contributed by atoms with Crippen molar-refractivity contribution in [3.63, 3.8) is 0 Å². The zero-order valence-electron chi connectivity index (χ0n) is 31.7. The minimum Gasteiger partial charge on any atom is -0.457 e. The third kappa shape index (κ3) is 5.98. The van der Waals surface area contributed by atoms with Crippen LogP contribution in [0.4, 0.5) is 0 Å². The number of ether oxygens (including phenoxy) is 1. The molecule has 4 amide bonds. The van der Waals surface area contributed by atoms with Crippen LogP contribution in [0.2, 0.25) is 0 Å². The summed E-state index contributed by atoms with van der Waals surface area (Å²) in [7, 11) is 0. The second-order valence-electron chi connectivity index (χ2n) is 15.3. The van der Waals surface area contributed by atoms with Crippen LogP contribution in [-0.4, -0.2) is 46.5 Å². The molecule has 0 bridgehead atoms. The van der Waals surface area contributed by atoms with Gasteiger partial charge in [-0.2, -0.15) is 0 Å². The van der Waals surface area contributed by atoms with Gasteiger partial charge in [-0.25, -0.2) is 0 Å². The maximum Gasteiger partial charge on any atom is 0.261 e. The summed E-state index contributed by atoms with van der Waals surface area (Å²) in [6.45, 7) is 7.16. The lowest BCUT2D eigenvalue weighted by molar-refractivity contribution is 0.0592. The number of nitrogens with zero attached hydrogens (tertiary/aromatic N) is 2. The Morgan fingerprint density at radius 3 is 1.43 bits per heavy atom. The van der Waals surface area contributed by atoms with Gasteiger partial charge in [-0.3, -0.25) is 29.0 Å². The van der Waals surface area contributed by atoms with Crippen molar-refractivity contribution in [2.24, 2.45) is 0 Å². The molecule has 6 aromatic rings. The predicted molar refractivity (Wildman–Crippen MR) is 216 cm³/mol. The van der Waals surface area contributed by atoms with E-state index in [1.807, 2.05) is 67.6 Å². The Morgan fingerprint density at radius 2 is 0.889 bits per heavy atom. The fourth-order valence-electron chi connectivity index (χ4n) is 8.75. The summed E-state index contributed by atoms with van der Waals surface area (Å²) in [6.07, 6.45) is 12.7. The average molecular weight is 721 g/mol. The summed E-state index contributed by atoms with van der Waals surface area (Å²) in [5.74, 6) is -0.00288. The number of hydrogen-bond acceptors (Lipinski definition) is 5. The van der Waals surface area contributed by atoms with Crippen LogP contribution in [0, 0.1) is 6.92 Å². The van der Waals surface area contributed by atoms with Gasteiger partial charge in [0.25, 0.3) is 23.6 Å². The lowest BCUT2D eigenvalue weighted by atomic mass is 9.82. The molecule has 0 radical (unpaired) electrons. The SMILES string of the molecule is CCCCCCCCN1C(=O)c2ccc3c4ccc5c6c(cc(Oc7ccc(C)cc7)c(c7ccc(c2c37)C1=O)c64)C(=O)N(CCCCCCCC)C5=O. The summed E-state index contributed by atoms with van der Waals surface area (Å²) in [6, 6.07) is 21.0. The highest BCUT2D eigenvalue weighted by atomic mass is 16.5. The second-order valence-corrected chi connectivity index (χ2v) is 15.3. The van der Waals surface area contributed by atoms with Crippen molar-refractivity contribution in [2.45, 2.75) is 97.8 Å². The summed E-state index contributed by atoms with van der Waals surface area (Å²) < 4.78 is 6.69. The van der Waals surface area contributed by atoms with Crippen molar-refractivity contribution in [3.8, 4) is 11.5 Å². The molecule has 0 aromatic heterocycles. The summed E-state index contributed by atoms with van der Waals surface area (Å²) in [4.78, 5) is 59.4. The summed E-state index contributed by atoms with van der Waals surface area (Å²) >= 11 is 0. The quantitative estimate of drug-likeness (QED) is 0.0430. The molecule has 54 heavy (non-hydrogen) atoms. The van der Waals surface area contributed by atoms with Gasteiger partial charge in [0.15, 0.2) is 0 Å². The fraction of sp³-hybridized carbons (Fsp3) is 0.362. The summed E-state index contributed by atoms with van der Waals surface area (Å²) in [5.41, 5.74) is 3.07. The maximum atomic E-state index is 14.3. The van der Waals surface area contributed by atoms with E-state index in [4.69, 9.17) is 4.74 Å². The third-order valence-electron chi connectivity index (χ3n) is 11.6. The average Bonchev–Trinajstić information content (AvgIpc) is 3.18. The van der Waals surface area contributed by atoms with Crippen molar-refractivity contribution in [3.05, 3.63) is 94.5 Å². The minimum atomic E-state index is -0.309. The first-order valence-electron chi connectivity index (χ1n) is 20.0. The van der Waals surface area contributed by atoms with Gasteiger partial charge in [0.2, 0.25) is 0 Å². The first kappa shape index (κ1) is 35.7. The van der Waals surface area contributed by atoms with Crippen molar-refractivity contribution < 1.29 is 23.9 Å². The number of amides is 4. The van der Waals surface area contributed by atoms with Gasteiger partial charge in [0.1, 0.15) is 11.5 Å². The van der Waals surface area contributed by atoms with Crippen molar-refractivity contribution in [2.75, 3.05) is 13.1 Å². The van der Waals surface area contributed by atoms with E-state index < -0.39 is 0 Å². The third-order valence-corrected chi connectivity index (χ3v) is 11.6. The molecule has 8 rings (SSSR count). The monoisotopic (exact) mass is 720 g/mol. The number of unbranched alkanes of at least 4 members (excludes halogenated alkanes) is 10. The molecule has 0 saturated carbocycles. The molecule has 2 aliphatic heterocycles. The number of rotatable bonds is 16. The molecule has 0 atom stereocenters. The Morgan fingerprint density at radius 1 is 0.444 bits per heavy atom. The maximum absolute atomic E-state index is 14.3. The largest absolute Gasteiger partial charge is 0.457 e. The van der Waals surface area contributed by atoms with Crippen LogP contribution in [0.25, 0.3) is 43.1 Å². The van der Waals surface area contributed by atoms with Crippen molar-refractivity contribution in [1.29, 1.82) is 0 Å². The Bertz CT molecular complexity index is 2420. The highest BCUT2D eigenvalue weighted by Gasteiger charge is 2.37. The molecule has 7 heteroatoms. The van der Waals surface area contributed by atoms with Crippen molar-refractivity contribution >= 4 is 66.7 Å². The van der Waals surface area contributed by atoms with Gasteiger partial charge in [-0.1, -0.05) is 114 Å². The predicted octanol–water partition coefficient (Wildman–Crippen LogP) is 11.8. The molecule has 7 nitrogen and oxygen atoms in total. The number of benzene rings is 6. The van der Waals surface area contributed by atoms with Crippen LogP contribution in [0.3, 0.4) is 0 Å². The van der Waals surface area contributed by atoms with E-state index >= 15 is 0 Å². The Labute approximate surface area is 316 Å². The Balaban J connectivity index is 1.28. The molecular weight excluding hydrogens is 673 g/mol. The topological polar surface area (TPSA) is 84.0 Å². The Kier molecular flexibility index (Phi) is 9.82. The molecule has 0 spiro atoms. The molecule has 0 saturated heterocycles. The molecule has 276 valence electrons. The zero-order valence-corrected chi connectivity index (χ0v) is 31.7. The van der Waals surface area contributed by atoms with Crippen LogP contribution in [0.5, 0.6) is 11.5 Å². The van der Waals surface area contributed by atoms with Gasteiger partial charge >= 0.3 is 0 Å². The van der Waals surface area contributed by atoms with Crippen LogP contribution >= 0.6 is 0 Å². The van der Waals surface area contributed by atoms with Crippen LogP contribution in [0.1, 0.15) is 138 Å². The lowest BCUT2D eigenvalue weighted by Crippen LogP contribution is -2.41. The first-order chi connectivity index (χ1) is 26.3. The molecule has 0 unspecified atom stereocenters. The van der Waals surface area contributed by atoms with Crippen LogP contribution in [0.15, 0.2) is 66.7 Å². The molecule has 0 N–H and O–H groups in total. The van der Waals surface area contributed by atoms with E-state index in [-0.39, 0.29) is 23.6 Å². The standard InChI is InChI=1S/C47H48N2O5/c1-4-6-8-10-12-14-26-48-44(50)34-23-20-31-32-21-24-36-41-37(47(53)49(46(36)52)27-15-13-11-9-7-5-2)28-38(54-30-18-16-29(3)17-19-30)42(43(32)41)33-22-25-35(45(48)51)40(34)39(31)33/h16-25,28H,4-15,26-27H2,1-3H3. The molecule has 2 heterocycles. The number of imide groups is 2.